The Morgan fingerprint density at radius 1 is 0.966 bits per heavy atom. The molecule has 152 valence electrons. The number of benzene rings is 2. The maximum atomic E-state index is 11.6. The maximum Gasteiger partial charge on any atom is 0.150 e. The molecule has 0 atom stereocenters. The molecule has 1 fully saturated rings. The number of fused-ring (bicyclic) bond motifs is 2. The van der Waals surface area contributed by atoms with Gasteiger partial charge in [0, 0.05) is 51.0 Å². The molecule has 0 amide bonds. The first-order chi connectivity index (χ1) is 13.8. The van der Waals surface area contributed by atoms with Crippen LogP contribution in [0, 0.1) is 0 Å². The zero-order chi connectivity index (χ0) is 18.9. The quantitative estimate of drug-likeness (QED) is 0.627. The molecule has 0 N–H and O–H groups in total. The highest BCUT2D eigenvalue weighted by Gasteiger charge is 2.21. The number of hydrogen-bond donors (Lipinski definition) is 0. The second-order valence-corrected chi connectivity index (χ2v) is 8.70. The van der Waals surface area contributed by atoms with E-state index in [0.717, 1.165) is 51.4 Å². The molecule has 0 saturated carbocycles. The molecule has 1 aromatic heterocycles. The van der Waals surface area contributed by atoms with Crippen LogP contribution >= 0.6 is 23.9 Å². The third-order valence-electron chi connectivity index (χ3n) is 6.08. The van der Waals surface area contributed by atoms with Gasteiger partial charge in [-0.15, -0.1) is 12.4 Å². The van der Waals surface area contributed by atoms with Crippen LogP contribution in [0.5, 0.6) is 0 Å². The molecule has 29 heavy (non-hydrogen) atoms. The van der Waals surface area contributed by atoms with E-state index in [4.69, 9.17) is 4.37 Å². The van der Waals surface area contributed by atoms with Crippen molar-refractivity contribution in [3.8, 4) is 0 Å². The summed E-state index contributed by atoms with van der Waals surface area (Å²) >= 11 is 1.60. The van der Waals surface area contributed by atoms with Crippen molar-refractivity contribution in [3.05, 3.63) is 59.2 Å². The average Bonchev–Trinajstić information content (AvgIpc) is 3.17. The van der Waals surface area contributed by atoms with Crippen molar-refractivity contribution >= 4 is 45.6 Å². The molecule has 5 rings (SSSR count). The Hall–Kier alpha value is -1.95. The summed E-state index contributed by atoms with van der Waals surface area (Å²) in [7, 11) is 0. The van der Waals surface area contributed by atoms with Crippen LogP contribution in [-0.4, -0.2) is 47.8 Å². The van der Waals surface area contributed by atoms with Crippen LogP contribution < -0.4 is 4.90 Å². The van der Waals surface area contributed by atoms with Crippen molar-refractivity contribution < 1.29 is 4.79 Å². The first-order valence-electron chi connectivity index (χ1n) is 10.2. The van der Waals surface area contributed by atoms with Gasteiger partial charge >= 0.3 is 0 Å². The molecule has 3 aromatic rings. The highest BCUT2D eigenvalue weighted by atomic mass is 35.5. The molecule has 6 heteroatoms. The highest BCUT2D eigenvalue weighted by molar-refractivity contribution is 7.13. The number of aryl methyl sites for hydroxylation is 1. The second-order valence-electron chi connectivity index (χ2n) is 7.90. The molecule has 1 aliphatic carbocycles. The third-order valence-corrected chi connectivity index (χ3v) is 6.90. The van der Waals surface area contributed by atoms with Crippen LogP contribution in [0.1, 0.15) is 23.1 Å². The third kappa shape index (κ3) is 4.32. The lowest BCUT2D eigenvalue weighted by molar-refractivity contribution is -0.118. The molecule has 0 unspecified atom stereocenters. The Bertz CT molecular complexity index is 1010. The summed E-state index contributed by atoms with van der Waals surface area (Å²) < 4.78 is 5.98. The number of anilines is 1. The monoisotopic (exact) mass is 427 g/mol. The first kappa shape index (κ1) is 20.3. The Balaban J connectivity index is 0.00000205. The Kier molecular flexibility index (Phi) is 6.18. The SMILES string of the molecule is Cl.O=C1CCc2cc(CCN3CCN(c4nsc5ccccc45)CC3)ccc2C1. The molecule has 0 radical (unpaired) electrons. The standard InChI is InChI=1S/C23H25N3OS.ClH/c27-20-8-7-18-15-17(5-6-19(18)16-20)9-10-25-11-13-26(14-12-25)23-21-3-1-2-4-22(21)28-24-23;/h1-6,15H,7-14,16H2;1H. The van der Waals surface area contributed by atoms with Crippen LogP contribution in [0.25, 0.3) is 10.1 Å². The van der Waals surface area contributed by atoms with E-state index >= 15 is 0 Å². The molecule has 1 aliphatic heterocycles. The molecule has 2 aliphatic rings. The van der Waals surface area contributed by atoms with E-state index in [1.54, 1.807) is 11.5 Å². The Labute approximate surface area is 182 Å². The normalized spacial score (nSPS) is 17.2. The van der Waals surface area contributed by atoms with Crippen molar-refractivity contribution in [1.82, 2.24) is 9.27 Å². The molecule has 2 aromatic carbocycles. The van der Waals surface area contributed by atoms with Crippen LogP contribution in [-0.2, 0) is 24.1 Å². The number of ketones is 1. The van der Waals surface area contributed by atoms with Gasteiger partial charge in [0.25, 0.3) is 0 Å². The second kappa shape index (κ2) is 8.82. The fraction of sp³-hybridized carbons (Fsp3) is 0.391. The average molecular weight is 428 g/mol. The number of aromatic nitrogens is 1. The summed E-state index contributed by atoms with van der Waals surface area (Å²) in [5, 5.41) is 1.29. The lowest BCUT2D eigenvalue weighted by atomic mass is 9.89. The summed E-state index contributed by atoms with van der Waals surface area (Å²) in [5.41, 5.74) is 4.03. The number of piperazine rings is 1. The zero-order valence-corrected chi connectivity index (χ0v) is 18.1. The van der Waals surface area contributed by atoms with Gasteiger partial charge in [-0.3, -0.25) is 9.69 Å². The van der Waals surface area contributed by atoms with Gasteiger partial charge in [-0.25, -0.2) is 0 Å². The minimum atomic E-state index is 0. The van der Waals surface area contributed by atoms with Crippen molar-refractivity contribution in [2.24, 2.45) is 0 Å². The topological polar surface area (TPSA) is 36.4 Å². The number of halogens is 1. The van der Waals surface area contributed by atoms with Gasteiger partial charge in [-0.1, -0.05) is 30.3 Å². The van der Waals surface area contributed by atoms with Crippen molar-refractivity contribution in [2.45, 2.75) is 25.7 Å². The molecule has 4 nitrogen and oxygen atoms in total. The molecular weight excluding hydrogens is 402 g/mol. The van der Waals surface area contributed by atoms with E-state index < -0.39 is 0 Å². The zero-order valence-electron chi connectivity index (χ0n) is 16.5. The summed E-state index contributed by atoms with van der Waals surface area (Å²) in [6.45, 7) is 5.36. The van der Waals surface area contributed by atoms with Crippen molar-refractivity contribution in [2.75, 3.05) is 37.6 Å². The summed E-state index contributed by atoms with van der Waals surface area (Å²) in [6, 6.07) is 15.2. The molecule has 0 bridgehead atoms. The van der Waals surface area contributed by atoms with Gasteiger partial charge in [0.15, 0.2) is 0 Å². The number of carbonyl (C=O) groups excluding carboxylic acids is 1. The van der Waals surface area contributed by atoms with Gasteiger partial charge in [0.1, 0.15) is 11.6 Å². The summed E-state index contributed by atoms with van der Waals surface area (Å²) in [5.74, 6) is 1.54. The molecule has 0 spiro atoms. The van der Waals surface area contributed by atoms with E-state index in [9.17, 15) is 4.79 Å². The van der Waals surface area contributed by atoms with E-state index in [-0.39, 0.29) is 12.4 Å². The molecule has 1 saturated heterocycles. The number of nitrogens with zero attached hydrogens (tertiary/aromatic N) is 3. The van der Waals surface area contributed by atoms with Gasteiger partial charge in [0.2, 0.25) is 0 Å². The van der Waals surface area contributed by atoms with Crippen LogP contribution in [0.3, 0.4) is 0 Å². The fourth-order valence-corrected chi connectivity index (χ4v) is 5.18. The van der Waals surface area contributed by atoms with Gasteiger partial charge in [0.05, 0.1) is 4.70 Å². The lowest BCUT2D eigenvalue weighted by Crippen LogP contribution is -2.47. The number of rotatable bonds is 4. The first-order valence-corrected chi connectivity index (χ1v) is 11.0. The predicted octanol–water partition coefficient (Wildman–Crippen LogP) is 4.14. The Morgan fingerprint density at radius 3 is 2.66 bits per heavy atom. The van der Waals surface area contributed by atoms with E-state index in [0.29, 0.717) is 18.6 Å². The van der Waals surface area contributed by atoms with Crippen molar-refractivity contribution in [1.29, 1.82) is 0 Å². The Morgan fingerprint density at radius 2 is 1.79 bits per heavy atom. The largest absolute Gasteiger partial charge is 0.353 e. The number of Topliss-reactive ketones (excluding diaryl/α,β-unsaturated/α-hetero) is 1. The van der Waals surface area contributed by atoms with Gasteiger partial charge in [-0.05, 0) is 53.2 Å². The fourth-order valence-electron chi connectivity index (χ4n) is 4.39. The van der Waals surface area contributed by atoms with Crippen LogP contribution in [0.15, 0.2) is 42.5 Å². The number of hydrogen-bond acceptors (Lipinski definition) is 5. The maximum absolute atomic E-state index is 11.6. The summed E-state index contributed by atoms with van der Waals surface area (Å²) in [6.07, 6.45) is 3.34. The van der Waals surface area contributed by atoms with Gasteiger partial charge < -0.3 is 4.90 Å². The number of carbonyl (C=O) groups is 1. The van der Waals surface area contributed by atoms with E-state index in [2.05, 4.69) is 52.3 Å². The van der Waals surface area contributed by atoms with E-state index in [1.165, 1.54) is 26.8 Å². The molecule has 2 heterocycles. The summed E-state index contributed by atoms with van der Waals surface area (Å²) in [4.78, 5) is 16.6. The van der Waals surface area contributed by atoms with Gasteiger partial charge in [-0.2, -0.15) is 4.37 Å². The van der Waals surface area contributed by atoms with Crippen molar-refractivity contribution in [3.63, 3.8) is 0 Å². The highest BCUT2D eigenvalue weighted by Crippen LogP contribution is 2.29. The van der Waals surface area contributed by atoms with Crippen LogP contribution in [0.2, 0.25) is 0 Å². The van der Waals surface area contributed by atoms with E-state index in [1.807, 2.05) is 0 Å². The smallest absolute Gasteiger partial charge is 0.150 e. The minimum Gasteiger partial charge on any atom is -0.353 e. The van der Waals surface area contributed by atoms with Crippen LogP contribution in [0.4, 0.5) is 5.82 Å². The predicted molar refractivity (Wildman–Crippen MR) is 123 cm³/mol. The minimum absolute atomic E-state index is 0. The molecular formula is C23H26ClN3OS. The lowest BCUT2D eigenvalue weighted by Gasteiger charge is -2.35.